The number of halogens is 1. The molecule has 2 rings (SSSR count). The number of benzene rings is 1. The van der Waals surface area contributed by atoms with Gasteiger partial charge in [0, 0.05) is 11.6 Å². The first kappa shape index (κ1) is 14.1. The predicted octanol–water partition coefficient (Wildman–Crippen LogP) is 3.46. The standard InChI is InChI=1S/C15H18ClNO2/c1-2-11(10-18)17-9-12-7-8-15(19-12)13-5-3-4-6-14(13)16/h3-8,11,17-18H,2,9-10H2,1H3/t11-/m1/s1. The molecule has 1 heterocycles. The molecule has 0 amide bonds. The highest BCUT2D eigenvalue weighted by Crippen LogP contribution is 2.28. The summed E-state index contributed by atoms with van der Waals surface area (Å²) >= 11 is 6.13. The molecule has 0 spiro atoms. The van der Waals surface area contributed by atoms with Crippen LogP contribution in [0.5, 0.6) is 0 Å². The van der Waals surface area contributed by atoms with E-state index in [0.29, 0.717) is 11.6 Å². The zero-order valence-corrected chi connectivity index (χ0v) is 11.7. The molecule has 2 aromatic rings. The maximum Gasteiger partial charge on any atom is 0.135 e. The number of hydrogen-bond donors (Lipinski definition) is 2. The second-order valence-electron chi connectivity index (χ2n) is 4.41. The minimum atomic E-state index is 0.105. The lowest BCUT2D eigenvalue weighted by Crippen LogP contribution is -2.30. The molecule has 0 saturated heterocycles. The fourth-order valence-electron chi connectivity index (χ4n) is 1.86. The molecule has 0 aliphatic heterocycles. The zero-order valence-electron chi connectivity index (χ0n) is 10.9. The van der Waals surface area contributed by atoms with Gasteiger partial charge in [0.25, 0.3) is 0 Å². The smallest absolute Gasteiger partial charge is 0.135 e. The molecule has 1 aromatic heterocycles. The Hall–Kier alpha value is -1.29. The summed E-state index contributed by atoms with van der Waals surface area (Å²) in [7, 11) is 0. The van der Waals surface area contributed by atoms with Crippen molar-refractivity contribution in [2.24, 2.45) is 0 Å². The third kappa shape index (κ3) is 3.60. The molecule has 0 fully saturated rings. The van der Waals surface area contributed by atoms with Crippen LogP contribution in [0, 0.1) is 0 Å². The molecule has 4 heteroatoms. The van der Waals surface area contributed by atoms with Crippen LogP contribution < -0.4 is 5.32 Å². The summed E-state index contributed by atoms with van der Waals surface area (Å²) in [5, 5.41) is 13.0. The van der Waals surface area contributed by atoms with Gasteiger partial charge in [0.05, 0.1) is 18.2 Å². The first-order valence-electron chi connectivity index (χ1n) is 6.42. The third-order valence-corrected chi connectivity index (χ3v) is 3.41. The monoisotopic (exact) mass is 279 g/mol. The number of aliphatic hydroxyl groups is 1. The van der Waals surface area contributed by atoms with Crippen LogP contribution >= 0.6 is 11.6 Å². The maximum absolute atomic E-state index is 9.11. The van der Waals surface area contributed by atoms with Crippen LogP contribution in [0.25, 0.3) is 11.3 Å². The van der Waals surface area contributed by atoms with Crippen molar-refractivity contribution in [1.29, 1.82) is 0 Å². The van der Waals surface area contributed by atoms with E-state index >= 15 is 0 Å². The first-order valence-corrected chi connectivity index (χ1v) is 6.80. The molecular formula is C15H18ClNO2. The molecule has 0 saturated carbocycles. The highest BCUT2D eigenvalue weighted by molar-refractivity contribution is 6.33. The Morgan fingerprint density at radius 3 is 2.74 bits per heavy atom. The SMILES string of the molecule is CC[C@H](CO)NCc1ccc(-c2ccccc2Cl)o1. The van der Waals surface area contributed by atoms with Crippen LogP contribution in [0.15, 0.2) is 40.8 Å². The van der Waals surface area contributed by atoms with Gasteiger partial charge in [-0.25, -0.2) is 0 Å². The topological polar surface area (TPSA) is 45.4 Å². The Morgan fingerprint density at radius 2 is 2.05 bits per heavy atom. The summed E-state index contributed by atoms with van der Waals surface area (Å²) in [6.07, 6.45) is 0.884. The number of aliphatic hydroxyl groups excluding tert-OH is 1. The molecule has 0 radical (unpaired) electrons. The van der Waals surface area contributed by atoms with Crippen molar-refractivity contribution < 1.29 is 9.52 Å². The van der Waals surface area contributed by atoms with E-state index in [-0.39, 0.29) is 12.6 Å². The van der Waals surface area contributed by atoms with E-state index in [4.69, 9.17) is 21.1 Å². The van der Waals surface area contributed by atoms with Crippen molar-refractivity contribution in [3.05, 3.63) is 47.2 Å². The summed E-state index contributed by atoms with van der Waals surface area (Å²) in [5.41, 5.74) is 0.893. The van der Waals surface area contributed by atoms with Gasteiger partial charge >= 0.3 is 0 Å². The predicted molar refractivity (Wildman–Crippen MR) is 77.2 cm³/mol. The minimum Gasteiger partial charge on any atom is -0.460 e. The van der Waals surface area contributed by atoms with E-state index in [1.807, 2.05) is 43.3 Å². The molecule has 0 bridgehead atoms. The lowest BCUT2D eigenvalue weighted by molar-refractivity contribution is 0.235. The maximum atomic E-state index is 9.11. The second-order valence-corrected chi connectivity index (χ2v) is 4.82. The van der Waals surface area contributed by atoms with Crippen molar-refractivity contribution in [1.82, 2.24) is 5.32 Å². The molecule has 0 aliphatic rings. The second kappa shape index (κ2) is 6.75. The first-order chi connectivity index (χ1) is 9.24. The summed E-state index contributed by atoms with van der Waals surface area (Å²) < 4.78 is 5.76. The Kier molecular flexibility index (Phi) is 5.02. The number of nitrogens with one attached hydrogen (secondary N) is 1. The molecule has 2 N–H and O–H groups in total. The summed E-state index contributed by atoms with van der Waals surface area (Å²) in [6.45, 7) is 2.77. The van der Waals surface area contributed by atoms with Crippen molar-refractivity contribution in [2.75, 3.05) is 6.61 Å². The van der Waals surface area contributed by atoms with E-state index in [1.165, 1.54) is 0 Å². The van der Waals surface area contributed by atoms with Gasteiger partial charge in [0.1, 0.15) is 11.5 Å². The van der Waals surface area contributed by atoms with Gasteiger partial charge in [-0.15, -0.1) is 0 Å². The van der Waals surface area contributed by atoms with Crippen LogP contribution in [0.1, 0.15) is 19.1 Å². The summed E-state index contributed by atoms with van der Waals surface area (Å²) in [5.74, 6) is 1.60. The van der Waals surface area contributed by atoms with Crippen molar-refractivity contribution in [3.63, 3.8) is 0 Å². The average molecular weight is 280 g/mol. The Balaban J connectivity index is 2.05. The highest BCUT2D eigenvalue weighted by atomic mass is 35.5. The van der Waals surface area contributed by atoms with E-state index in [0.717, 1.165) is 23.5 Å². The lowest BCUT2D eigenvalue weighted by atomic mass is 10.2. The van der Waals surface area contributed by atoms with E-state index in [2.05, 4.69) is 5.32 Å². The van der Waals surface area contributed by atoms with E-state index < -0.39 is 0 Å². The largest absolute Gasteiger partial charge is 0.460 e. The van der Waals surface area contributed by atoms with Crippen LogP contribution in [-0.2, 0) is 6.54 Å². The van der Waals surface area contributed by atoms with Gasteiger partial charge in [-0.1, -0.05) is 30.7 Å². The average Bonchev–Trinajstić information content (AvgIpc) is 2.89. The number of hydrogen-bond acceptors (Lipinski definition) is 3. The van der Waals surface area contributed by atoms with E-state index in [1.54, 1.807) is 0 Å². The van der Waals surface area contributed by atoms with Gasteiger partial charge in [-0.3, -0.25) is 0 Å². The van der Waals surface area contributed by atoms with Crippen LogP contribution in [0.3, 0.4) is 0 Å². The quantitative estimate of drug-likeness (QED) is 0.851. The molecule has 1 aromatic carbocycles. The molecule has 3 nitrogen and oxygen atoms in total. The molecule has 1 atom stereocenters. The molecular weight excluding hydrogens is 262 g/mol. The number of rotatable bonds is 6. The number of furan rings is 1. The van der Waals surface area contributed by atoms with Crippen molar-refractivity contribution >= 4 is 11.6 Å². The molecule has 0 unspecified atom stereocenters. The Bertz CT molecular complexity index is 520. The fourth-order valence-corrected chi connectivity index (χ4v) is 2.09. The summed E-state index contributed by atoms with van der Waals surface area (Å²) in [6, 6.07) is 11.5. The van der Waals surface area contributed by atoms with Gasteiger partial charge in [-0.2, -0.15) is 0 Å². The van der Waals surface area contributed by atoms with Crippen molar-refractivity contribution in [3.8, 4) is 11.3 Å². The van der Waals surface area contributed by atoms with E-state index in [9.17, 15) is 0 Å². The van der Waals surface area contributed by atoms with Gasteiger partial charge in [0.2, 0.25) is 0 Å². The van der Waals surface area contributed by atoms with Crippen molar-refractivity contribution in [2.45, 2.75) is 25.9 Å². The van der Waals surface area contributed by atoms with Gasteiger partial charge in [-0.05, 0) is 30.7 Å². The molecule has 0 aliphatic carbocycles. The Labute approximate surface area is 118 Å². The minimum absolute atomic E-state index is 0.105. The summed E-state index contributed by atoms with van der Waals surface area (Å²) in [4.78, 5) is 0. The fraction of sp³-hybridized carbons (Fsp3) is 0.333. The lowest BCUT2D eigenvalue weighted by Gasteiger charge is -2.12. The normalized spacial score (nSPS) is 12.6. The Morgan fingerprint density at radius 1 is 1.26 bits per heavy atom. The molecule has 102 valence electrons. The van der Waals surface area contributed by atoms with Gasteiger partial charge in [0.15, 0.2) is 0 Å². The van der Waals surface area contributed by atoms with Crippen LogP contribution in [-0.4, -0.2) is 17.8 Å². The van der Waals surface area contributed by atoms with Crippen LogP contribution in [0.4, 0.5) is 0 Å². The van der Waals surface area contributed by atoms with Crippen LogP contribution in [0.2, 0.25) is 5.02 Å². The van der Waals surface area contributed by atoms with Gasteiger partial charge < -0.3 is 14.8 Å². The highest BCUT2D eigenvalue weighted by Gasteiger charge is 2.09. The zero-order chi connectivity index (χ0) is 13.7. The molecule has 19 heavy (non-hydrogen) atoms. The third-order valence-electron chi connectivity index (χ3n) is 3.08.